The summed E-state index contributed by atoms with van der Waals surface area (Å²) in [7, 11) is 0. The average Bonchev–Trinajstić information content (AvgIpc) is 2.87. The number of aliphatic hydroxyl groups excluding tert-OH is 1. The highest BCUT2D eigenvalue weighted by Crippen LogP contribution is 2.21. The van der Waals surface area contributed by atoms with Gasteiger partial charge in [-0.2, -0.15) is 4.98 Å². The second kappa shape index (κ2) is 5.38. The van der Waals surface area contributed by atoms with E-state index in [1.165, 1.54) is 0 Å². The van der Waals surface area contributed by atoms with Crippen LogP contribution in [0.1, 0.15) is 37.5 Å². The predicted octanol–water partition coefficient (Wildman–Crippen LogP) is 0.392. The van der Waals surface area contributed by atoms with Crippen molar-refractivity contribution in [2.75, 3.05) is 13.2 Å². The Bertz CT molecular complexity index is 329. The lowest BCUT2D eigenvalue weighted by Crippen LogP contribution is -2.15. The molecule has 0 saturated carbocycles. The first kappa shape index (κ1) is 11.5. The number of rotatable bonds is 5. The number of ether oxygens (including phenoxy) is 1. The smallest absolute Gasteiger partial charge is 0.243 e. The van der Waals surface area contributed by atoms with Crippen LogP contribution in [0.2, 0.25) is 0 Å². The number of aliphatic hydroxyl groups is 1. The van der Waals surface area contributed by atoms with Gasteiger partial charge in [0.25, 0.3) is 0 Å². The molecule has 0 radical (unpaired) electrons. The van der Waals surface area contributed by atoms with E-state index in [1.54, 1.807) is 0 Å². The summed E-state index contributed by atoms with van der Waals surface area (Å²) in [6.07, 6.45) is 1.27. The highest BCUT2D eigenvalue weighted by molar-refractivity contribution is 4.96. The Hall–Kier alpha value is -0.980. The zero-order valence-electron chi connectivity index (χ0n) is 9.35. The predicted molar refractivity (Wildman–Crippen MR) is 55.6 cm³/mol. The molecular formula is C10H17N3O3. The number of hydrogen-bond acceptors (Lipinski definition) is 6. The summed E-state index contributed by atoms with van der Waals surface area (Å²) < 4.78 is 10.4. The molecule has 1 aromatic rings. The van der Waals surface area contributed by atoms with Crippen molar-refractivity contribution in [3.05, 3.63) is 11.7 Å². The van der Waals surface area contributed by atoms with Crippen LogP contribution in [0.25, 0.3) is 0 Å². The standard InChI is InChI=1S/C10H17N3O3/c1-2-3-15-6-9-12-10(16-13-9)8-4-7(14)5-11-8/h7-8,11,14H,2-6H2,1H3/t7?,8-/m0/s1. The molecule has 1 saturated heterocycles. The monoisotopic (exact) mass is 227 g/mol. The molecule has 6 nitrogen and oxygen atoms in total. The molecule has 90 valence electrons. The van der Waals surface area contributed by atoms with E-state index < -0.39 is 0 Å². The van der Waals surface area contributed by atoms with Crippen molar-refractivity contribution in [1.82, 2.24) is 15.5 Å². The Morgan fingerprint density at radius 3 is 3.19 bits per heavy atom. The largest absolute Gasteiger partial charge is 0.392 e. The third kappa shape index (κ3) is 2.78. The first-order chi connectivity index (χ1) is 7.79. The Morgan fingerprint density at radius 1 is 1.62 bits per heavy atom. The fraction of sp³-hybridized carbons (Fsp3) is 0.800. The van der Waals surface area contributed by atoms with Gasteiger partial charge in [-0.25, -0.2) is 0 Å². The van der Waals surface area contributed by atoms with Crippen LogP contribution >= 0.6 is 0 Å². The maximum atomic E-state index is 9.36. The maximum Gasteiger partial charge on any atom is 0.243 e. The molecule has 0 bridgehead atoms. The van der Waals surface area contributed by atoms with E-state index in [1.807, 2.05) is 6.92 Å². The zero-order chi connectivity index (χ0) is 11.4. The van der Waals surface area contributed by atoms with Gasteiger partial charge in [0.1, 0.15) is 6.61 Å². The summed E-state index contributed by atoms with van der Waals surface area (Å²) in [6, 6.07) is -0.0255. The molecule has 1 aromatic heterocycles. The van der Waals surface area contributed by atoms with Crippen LogP contribution in [0.3, 0.4) is 0 Å². The molecule has 0 aliphatic carbocycles. The van der Waals surface area contributed by atoms with Gasteiger partial charge >= 0.3 is 0 Å². The lowest BCUT2D eigenvalue weighted by molar-refractivity contribution is 0.114. The van der Waals surface area contributed by atoms with Crippen LogP contribution < -0.4 is 5.32 Å². The molecule has 2 atom stereocenters. The Balaban J connectivity index is 1.87. The van der Waals surface area contributed by atoms with Crippen molar-refractivity contribution in [2.45, 2.75) is 38.5 Å². The Kier molecular flexibility index (Phi) is 3.87. The van der Waals surface area contributed by atoms with Crippen LogP contribution in [0, 0.1) is 0 Å². The number of nitrogens with zero attached hydrogens (tertiary/aromatic N) is 2. The molecular weight excluding hydrogens is 210 g/mol. The van der Waals surface area contributed by atoms with Crippen molar-refractivity contribution < 1.29 is 14.4 Å². The molecule has 6 heteroatoms. The average molecular weight is 227 g/mol. The van der Waals surface area contributed by atoms with E-state index in [2.05, 4.69) is 15.5 Å². The van der Waals surface area contributed by atoms with E-state index in [9.17, 15) is 5.11 Å². The molecule has 1 aliphatic rings. The second-order valence-electron chi connectivity index (χ2n) is 3.95. The van der Waals surface area contributed by atoms with Gasteiger partial charge in [0.05, 0.1) is 12.1 Å². The fourth-order valence-electron chi connectivity index (χ4n) is 1.68. The molecule has 16 heavy (non-hydrogen) atoms. The molecule has 0 aromatic carbocycles. The summed E-state index contributed by atoms with van der Waals surface area (Å²) in [4.78, 5) is 4.22. The Morgan fingerprint density at radius 2 is 2.50 bits per heavy atom. The van der Waals surface area contributed by atoms with Crippen molar-refractivity contribution in [3.63, 3.8) is 0 Å². The minimum absolute atomic E-state index is 0.0255. The molecule has 2 N–H and O–H groups in total. The highest BCUT2D eigenvalue weighted by atomic mass is 16.5. The van der Waals surface area contributed by atoms with E-state index in [-0.39, 0.29) is 12.1 Å². The number of nitrogens with one attached hydrogen (secondary N) is 1. The number of aromatic nitrogens is 2. The zero-order valence-corrected chi connectivity index (χ0v) is 9.35. The summed E-state index contributed by atoms with van der Waals surface area (Å²) in [5.41, 5.74) is 0. The van der Waals surface area contributed by atoms with Gasteiger partial charge in [-0.05, 0) is 12.8 Å². The third-order valence-electron chi connectivity index (χ3n) is 2.47. The van der Waals surface area contributed by atoms with Crippen LogP contribution in [-0.2, 0) is 11.3 Å². The maximum absolute atomic E-state index is 9.36. The summed E-state index contributed by atoms with van der Waals surface area (Å²) in [6.45, 7) is 3.71. The van der Waals surface area contributed by atoms with Gasteiger partial charge in [0.2, 0.25) is 5.89 Å². The molecule has 0 amide bonds. The van der Waals surface area contributed by atoms with E-state index >= 15 is 0 Å². The van der Waals surface area contributed by atoms with Crippen LogP contribution in [0.5, 0.6) is 0 Å². The van der Waals surface area contributed by atoms with Crippen molar-refractivity contribution in [3.8, 4) is 0 Å². The first-order valence-electron chi connectivity index (χ1n) is 5.61. The number of β-amino-alcohol motifs (C(OH)–C–C–N with tert-alkyl or cyclic N) is 1. The summed E-state index contributed by atoms with van der Waals surface area (Å²) >= 11 is 0. The van der Waals surface area contributed by atoms with Crippen molar-refractivity contribution in [2.24, 2.45) is 0 Å². The van der Waals surface area contributed by atoms with Gasteiger partial charge in [0, 0.05) is 13.2 Å². The summed E-state index contributed by atoms with van der Waals surface area (Å²) in [5.74, 6) is 1.10. The van der Waals surface area contributed by atoms with Crippen LogP contribution in [-0.4, -0.2) is 34.5 Å². The minimum atomic E-state index is -0.323. The van der Waals surface area contributed by atoms with Gasteiger partial charge in [0.15, 0.2) is 5.82 Å². The number of hydrogen-bond donors (Lipinski definition) is 2. The Labute approximate surface area is 94.0 Å². The molecule has 1 aliphatic heterocycles. The van der Waals surface area contributed by atoms with E-state index in [4.69, 9.17) is 9.26 Å². The normalized spacial score (nSPS) is 25.1. The van der Waals surface area contributed by atoms with E-state index in [0.717, 1.165) is 6.42 Å². The molecule has 1 fully saturated rings. The van der Waals surface area contributed by atoms with Crippen molar-refractivity contribution in [1.29, 1.82) is 0 Å². The van der Waals surface area contributed by atoms with Gasteiger partial charge < -0.3 is 19.7 Å². The first-order valence-corrected chi connectivity index (χ1v) is 5.61. The second-order valence-corrected chi connectivity index (χ2v) is 3.95. The quantitative estimate of drug-likeness (QED) is 0.708. The SMILES string of the molecule is CCCOCc1noc([C@@H]2CC(O)CN2)n1. The lowest BCUT2D eigenvalue weighted by Gasteiger charge is -2.01. The fourth-order valence-corrected chi connectivity index (χ4v) is 1.68. The van der Waals surface area contributed by atoms with Crippen LogP contribution in [0.15, 0.2) is 4.52 Å². The van der Waals surface area contributed by atoms with Gasteiger partial charge in [-0.15, -0.1) is 0 Å². The topological polar surface area (TPSA) is 80.4 Å². The molecule has 1 unspecified atom stereocenters. The highest BCUT2D eigenvalue weighted by Gasteiger charge is 2.27. The molecule has 2 heterocycles. The van der Waals surface area contributed by atoms with Gasteiger partial charge in [-0.3, -0.25) is 0 Å². The van der Waals surface area contributed by atoms with Crippen LogP contribution in [0.4, 0.5) is 0 Å². The molecule has 0 spiro atoms. The van der Waals surface area contributed by atoms with Gasteiger partial charge in [-0.1, -0.05) is 12.1 Å². The summed E-state index contributed by atoms with van der Waals surface area (Å²) in [5, 5.41) is 16.3. The van der Waals surface area contributed by atoms with E-state index in [0.29, 0.717) is 37.9 Å². The molecule has 2 rings (SSSR count). The third-order valence-corrected chi connectivity index (χ3v) is 2.47. The van der Waals surface area contributed by atoms with Crippen molar-refractivity contribution >= 4 is 0 Å². The lowest BCUT2D eigenvalue weighted by atomic mass is 10.2. The minimum Gasteiger partial charge on any atom is -0.392 e.